The van der Waals surface area contributed by atoms with E-state index in [9.17, 15) is 21.4 Å². The van der Waals surface area contributed by atoms with Crippen LogP contribution in [0.15, 0.2) is 52.3 Å². The fourth-order valence-electron chi connectivity index (χ4n) is 2.87. The van der Waals surface area contributed by atoms with Gasteiger partial charge in [0.1, 0.15) is 0 Å². The number of aryl methyl sites for hydroxylation is 2. The van der Waals surface area contributed by atoms with Gasteiger partial charge in [0.15, 0.2) is 0 Å². The van der Waals surface area contributed by atoms with E-state index in [1.165, 1.54) is 18.2 Å². The molecule has 9 heteroatoms. The van der Waals surface area contributed by atoms with E-state index < -0.39 is 32.4 Å². The quantitative estimate of drug-likeness (QED) is 0.469. The lowest BCUT2D eigenvalue weighted by Gasteiger charge is -2.20. The second-order valence-electron chi connectivity index (χ2n) is 7.10. The standard InChI is InChI=1S/C20H26O7S2/c1-14-5-8-19(9-6-14)29(24,25)26-13-17(4)27-16(3)12-18-11-15(2)7-10-20(18)28(21,22)23/h5-11,16-17H,12-13H2,1-4H3,(H,21,22,23). The molecule has 0 fully saturated rings. The van der Waals surface area contributed by atoms with E-state index in [0.29, 0.717) is 5.56 Å². The fourth-order valence-corrected chi connectivity index (χ4v) is 4.56. The highest BCUT2D eigenvalue weighted by Gasteiger charge is 2.20. The molecule has 29 heavy (non-hydrogen) atoms. The maximum Gasteiger partial charge on any atom is 0.297 e. The zero-order chi connectivity index (χ0) is 21.8. The molecule has 7 nitrogen and oxygen atoms in total. The van der Waals surface area contributed by atoms with Gasteiger partial charge in [0.2, 0.25) is 0 Å². The minimum Gasteiger partial charge on any atom is -0.373 e. The Morgan fingerprint density at radius 2 is 1.48 bits per heavy atom. The van der Waals surface area contributed by atoms with Crippen LogP contribution in [0.4, 0.5) is 0 Å². The number of hydrogen-bond acceptors (Lipinski definition) is 6. The molecule has 0 aliphatic rings. The van der Waals surface area contributed by atoms with Crippen LogP contribution >= 0.6 is 0 Å². The molecule has 0 aliphatic carbocycles. The van der Waals surface area contributed by atoms with Crippen molar-refractivity contribution >= 4 is 20.2 Å². The fraction of sp³-hybridized carbons (Fsp3) is 0.400. The minimum absolute atomic E-state index is 0.0703. The van der Waals surface area contributed by atoms with Crippen LogP contribution in [0.5, 0.6) is 0 Å². The first-order valence-electron chi connectivity index (χ1n) is 9.07. The van der Waals surface area contributed by atoms with Gasteiger partial charge in [0, 0.05) is 0 Å². The van der Waals surface area contributed by atoms with E-state index in [0.717, 1.165) is 11.1 Å². The van der Waals surface area contributed by atoms with Gasteiger partial charge >= 0.3 is 0 Å². The van der Waals surface area contributed by atoms with Crippen LogP contribution in [0.1, 0.15) is 30.5 Å². The van der Waals surface area contributed by atoms with Crippen LogP contribution < -0.4 is 0 Å². The van der Waals surface area contributed by atoms with E-state index in [1.807, 2.05) is 13.8 Å². The molecule has 2 rings (SSSR count). The average Bonchev–Trinajstić information content (AvgIpc) is 2.59. The Morgan fingerprint density at radius 1 is 0.897 bits per heavy atom. The summed E-state index contributed by atoms with van der Waals surface area (Å²) in [5, 5.41) is 0. The highest BCUT2D eigenvalue weighted by molar-refractivity contribution is 7.86. The van der Waals surface area contributed by atoms with Crippen molar-refractivity contribution in [2.75, 3.05) is 6.61 Å². The van der Waals surface area contributed by atoms with Gasteiger partial charge in [0.25, 0.3) is 20.2 Å². The Labute approximate surface area is 172 Å². The van der Waals surface area contributed by atoms with Crippen LogP contribution in [0, 0.1) is 13.8 Å². The van der Waals surface area contributed by atoms with E-state index in [1.54, 1.807) is 38.1 Å². The molecule has 0 heterocycles. The highest BCUT2D eigenvalue weighted by atomic mass is 32.2. The molecule has 0 bridgehead atoms. The van der Waals surface area contributed by atoms with Crippen LogP contribution in [-0.4, -0.2) is 40.2 Å². The minimum atomic E-state index is -4.35. The smallest absolute Gasteiger partial charge is 0.297 e. The van der Waals surface area contributed by atoms with Gasteiger partial charge < -0.3 is 4.74 Å². The molecule has 0 saturated carbocycles. The van der Waals surface area contributed by atoms with Gasteiger partial charge in [-0.25, -0.2) is 0 Å². The van der Waals surface area contributed by atoms with Gasteiger partial charge in [-0.15, -0.1) is 0 Å². The van der Waals surface area contributed by atoms with Crippen molar-refractivity contribution in [3.05, 3.63) is 59.2 Å². The molecule has 2 atom stereocenters. The largest absolute Gasteiger partial charge is 0.373 e. The van der Waals surface area contributed by atoms with Gasteiger partial charge in [-0.2, -0.15) is 16.8 Å². The molecule has 0 spiro atoms. The molecule has 0 saturated heterocycles. The Balaban J connectivity index is 1.99. The summed E-state index contributed by atoms with van der Waals surface area (Å²) in [7, 11) is -8.24. The SMILES string of the molecule is Cc1ccc(S(=O)(=O)OCC(C)OC(C)Cc2cc(C)ccc2S(=O)(=O)O)cc1. The monoisotopic (exact) mass is 442 g/mol. The highest BCUT2D eigenvalue weighted by Crippen LogP contribution is 2.20. The zero-order valence-corrected chi connectivity index (χ0v) is 18.5. The summed E-state index contributed by atoms with van der Waals surface area (Å²) in [6, 6.07) is 11.0. The van der Waals surface area contributed by atoms with Crippen LogP contribution in [0.2, 0.25) is 0 Å². The Hall–Kier alpha value is -1.78. The molecular formula is C20H26O7S2. The summed E-state index contributed by atoms with van der Waals surface area (Å²) in [4.78, 5) is -0.0923. The van der Waals surface area contributed by atoms with Gasteiger partial charge in [-0.1, -0.05) is 35.4 Å². The number of rotatable bonds is 9. The topological polar surface area (TPSA) is 107 Å². The molecule has 0 aromatic heterocycles. The molecule has 1 N–H and O–H groups in total. The van der Waals surface area contributed by atoms with Crippen molar-refractivity contribution in [2.24, 2.45) is 0 Å². The first-order chi connectivity index (χ1) is 13.4. The van der Waals surface area contributed by atoms with E-state index >= 15 is 0 Å². The normalized spacial score (nSPS) is 14.5. The van der Waals surface area contributed by atoms with Gasteiger partial charge in [0.05, 0.1) is 28.6 Å². The van der Waals surface area contributed by atoms with Gasteiger partial charge in [-0.3, -0.25) is 8.74 Å². The van der Waals surface area contributed by atoms with Crippen molar-refractivity contribution in [3.8, 4) is 0 Å². The van der Waals surface area contributed by atoms with Crippen molar-refractivity contribution in [3.63, 3.8) is 0 Å². The summed E-state index contributed by atoms with van der Waals surface area (Å²) >= 11 is 0. The average molecular weight is 443 g/mol. The molecule has 0 amide bonds. The summed E-state index contributed by atoms with van der Waals surface area (Å²) in [6.07, 6.45) is -0.756. The summed E-state index contributed by atoms with van der Waals surface area (Å²) in [5.41, 5.74) is 2.22. The predicted molar refractivity (Wildman–Crippen MR) is 109 cm³/mol. The third-order valence-corrected chi connectivity index (χ3v) is 6.48. The molecular weight excluding hydrogens is 416 g/mol. The second-order valence-corrected chi connectivity index (χ2v) is 10.1. The summed E-state index contributed by atoms with van der Waals surface area (Å²) in [6.45, 7) is 6.90. The van der Waals surface area contributed by atoms with Crippen molar-refractivity contribution < 1.29 is 30.3 Å². The zero-order valence-electron chi connectivity index (χ0n) is 16.8. The molecule has 2 unspecified atom stereocenters. The van der Waals surface area contributed by atoms with E-state index in [2.05, 4.69) is 0 Å². The van der Waals surface area contributed by atoms with Gasteiger partial charge in [-0.05, 0) is 57.9 Å². The number of ether oxygens (including phenoxy) is 1. The van der Waals surface area contributed by atoms with E-state index in [4.69, 9.17) is 8.92 Å². The second kappa shape index (κ2) is 9.36. The van der Waals surface area contributed by atoms with Crippen LogP contribution in [0.3, 0.4) is 0 Å². The maximum absolute atomic E-state index is 12.2. The third kappa shape index (κ3) is 6.90. The van der Waals surface area contributed by atoms with Crippen molar-refractivity contribution in [2.45, 2.75) is 56.1 Å². The Morgan fingerprint density at radius 3 is 2.07 bits per heavy atom. The molecule has 0 radical (unpaired) electrons. The Bertz CT molecular complexity index is 1040. The Kier molecular flexibility index (Phi) is 7.58. The first kappa shape index (κ1) is 23.5. The van der Waals surface area contributed by atoms with Crippen LogP contribution in [-0.2, 0) is 35.6 Å². The summed E-state index contributed by atoms with van der Waals surface area (Å²) < 4.78 is 67.8. The molecule has 2 aromatic rings. The third-order valence-electron chi connectivity index (χ3n) is 4.23. The molecule has 2 aromatic carbocycles. The van der Waals surface area contributed by atoms with E-state index in [-0.39, 0.29) is 22.8 Å². The van der Waals surface area contributed by atoms with Crippen molar-refractivity contribution in [1.29, 1.82) is 0 Å². The molecule has 0 aliphatic heterocycles. The predicted octanol–water partition coefficient (Wildman–Crippen LogP) is 3.29. The maximum atomic E-state index is 12.2. The number of benzene rings is 2. The lowest BCUT2D eigenvalue weighted by molar-refractivity contribution is -0.0137. The summed E-state index contributed by atoms with van der Waals surface area (Å²) in [5.74, 6) is 0. The van der Waals surface area contributed by atoms with Crippen molar-refractivity contribution in [1.82, 2.24) is 0 Å². The lowest BCUT2D eigenvalue weighted by atomic mass is 10.1. The molecule has 160 valence electrons. The lowest BCUT2D eigenvalue weighted by Crippen LogP contribution is -2.25. The first-order valence-corrected chi connectivity index (χ1v) is 11.9. The van der Waals surface area contributed by atoms with Crippen LogP contribution in [0.25, 0.3) is 0 Å². The number of hydrogen-bond donors (Lipinski definition) is 1.